The fourth-order valence-corrected chi connectivity index (χ4v) is 3.09. The summed E-state index contributed by atoms with van der Waals surface area (Å²) in [4.78, 5) is 16.6. The number of hydrogen-bond donors (Lipinski definition) is 0. The number of halogens is 1. The van der Waals surface area contributed by atoms with Gasteiger partial charge in [0.05, 0.1) is 19.9 Å². The molecule has 0 fully saturated rings. The molecule has 0 spiro atoms. The van der Waals surface area contributed by atoms with Gasteiger partial charge in [-0.1, -0.05) is 28.9 Å². The number of ether oxygens (including phenoxy) is 2. The molecule has 0 aliphatic carbocycles. The van der Waals surface area contributed by atoms with Crippen molar-refractivity contribution in [1.29, 1.82) is 0 Å². The Kier molecular flexibility index (Phi) is 5.49. The summed E-state index contributed by atoms with van der Waals surface area (Å²) in [6, 6.07) is 15.6. The average molecular weight is 425 g/mol. The van der Waals surface area contributed by atoms with E-state index in [1.165, 1.54) is 10.7 Å². The molecule has 4 rings (SSSR count). The number of methoxy groups -OCH3 is 2. The van der Waals surface area contributed by atoms with Gasteiger partial charge in [-0.2, -0.15) is 10.1 Å². The second-order valence-corrected chi connectivity index (χ2v) is 6.74. The molecule has 0 atom stereocenters. The van der Waals surface area contributed by atoms with Crippen LogP contribution in [0.15, 0.2) is 63.9 Å². The molecule has 0 saturated heterocycles. The molecule has 30 heavy (non-hydrogen) atoms. The minimum absolute atomic E-state index is 0.0352. The first-order valence-corrected chi connectivity index (χ1v) is 9.34. The highest BCUT2D eigenvalue weighted by Gasteiger charge is 2.13. The molecule has 0 saturated carbocycles. The van der Waals surface area contributed by atoms with Crippen LogP contribution in [0.4, 0.5) is 0 Å². The predicted octanol–water partition coefficient (Wildman–Crippen LogP) is 3.68. The smallest absolute Gasteiger partial charge is 0.267 e. The Hall–Kier alpha value is -3.65. The van der Waals surface area contributed by atoms with Crippen molar-refractivity contribution in [2.24, 2.45) is 0 Å². The minimum atomic E-state index is -0.290. The summed E-state index contributed by atoms with van der Waals surface area (Å²) in [6.07, 6.45) is 0. The van der Waals surface area contributed by atoms with E-state index in [0.717, 1.165) is 11.1 Å². The molecule has 0 radical (unpaired) electrons. The van der Waals surface area contributed by atoms with E-state index in [1.807, 2.05) is 12.1 Å². The van der Waals surface area contributed by atoms with Crippen molar-refractivity contribution in [1.82, 2.24) is 19.9 Å². The van der Waals surface area contributed by atoms with Crippen LogP contribution in [0.3, 0.4) is 0 Å². The maximum atomic E-state index is 12.3. The van der Waals surface area contributed by atoms with Crippen LogP contribution in [0.25, 0.3) is 22.6 Å². The molecule has 152 valence electrons. The third-order valence-electron chi connectivity index (χ3n) is 4.38. The van der Waals surface area contributed by atoms with Gasteiger partial charge in [0.2, 0.25) is 11.7 Å². The zero-order valence-corrected chi connectivity index (χ0v) is 17.0. The van der Waals surface area contributed by atoms with E-state index in [-0.39, 0.29) is 18.0 Å². The van der Waals surface area contributed by atoms with Gasteiger partial charge in [-0.15, -0.1) is 0 Å². The van der Waals surface area contributed by atoms with Crippen molar-refractivity contribution in [3.05, 3.63) is 75.9 Å². The van der Waals surface area contributed by atoms with E-state index in [1.54, 1.807) is 50.6 Å². The van der Waals surface area contributed by atoms with Gasteiger partial charge in [-0.25, -0.2) is 4.68 Å². The molecular formula is C21H17ClN4O4. The number of rotatable bonds is 6. The van der Waals surface area contributed by atoms with Crippen LogP contribution in [-0.2, 0) is 6.54 Å². The molecule has 0 amide bonds. The summed E-state index contributed by atoms with van der Waals surface area (Å²) < 4.78 is 17.2. The first kappa shape index (κ1) is 19.7. The van der Waals surface area contributed by atoms with Gasteiger partial charge in [-0.3, -0.25) is 4.79 Å². The van der Waals surface area contributed by atoms with Crippen LogP contribution in [0.2, 0.25) is 5.02 Å². The maximum absolute atomic E-state index is 12.3. The molecule has 8 nitrogen and oxygen atoms in total. The molecule has 2 aromatic carbocycles. The lowest BCUT2D eigenvalue weighted by Gasteiger charge is -2.10. The highest BCUT2D eigenvalue weighted by atomic mass is 35.5. The van der Waals surface area contributed by atoms with E-state index in [4.69, 9.17) is 25.6 Å². The van der Waals surface area contributed by atoms with E-state index in [2.05, 4.69) is 15.2 Å². The van der Waals surface area contributed by atoms with Crippen molar-refractivity contribution in [2.75, 3.05) is 14.2 Å². The summed E-state index contributed by atoms with van der Waals surface area (Å²) in [5.74, 6) is 1.81. The molecule has 4 aromatic rings. The second kappa shape index (κ2) is 8.38. The largest absolute Gasteiger partial charge is 0.493 e. The van der Waals surface area contributed by atoms with Crippen LogP contribution in [0, 0.1) is 0 Å². The Morgan fingerprint density at radius 3 is 2.60 bits per heavy atom. The summed E-state index contributed by atoms with van der Waals surface area (Å²) in [5.41, 5.74) is 1.79. The van der Waals surface area contributed by atoms with Crippen LogP contribution < -0.4 is 15.0 Å². The van der Waals surface area contributed by atoms with Crippen molar-refractivity contribution >= 4 is 11.6 Å². The van der Waals surface area contributed by atoms with Gasteiger partial charge >= 0.3 is 0 Å². The molecule has 0 aliphatic heterocycles. The number of nitrogens with zero attached hydrogens (tertiary/aromatic N) is 4. The van der Waals surface area contributed by atoms with Crippen molar-refractivity contribution in [3.8, 4) is 34.1 Å². The summed E-state index contributed by atoms with van der Waals surface area (Å²) in [5, 5.41) is 8.95. The summed E-state index contributed by atoms with van der Waals surface area (Å²) in [6.45, 7) is 0.0352. The highest BCUT2D eigenvalue weighted by Crippen LogP contribution is 2.31. The SMILES string of the molecule is COc1ccc(-c2ccc(=O)n(Cc3nc(-c4cccc(Cl)c4)no3)n2)cc1OC. The van der Waals surface area contributed by atoms with Crippen LogP contribution in [-0.4, -0.2) is 34.1 Å². The van der Waals surface area contributed by atoms with Gasteiger partial charge in [-0.05, 0) is 36.4 Å². The molecule has 0 unspecified atom stereocenters. The molecule has 0 aliphatic rings. The summed E-state index contributed by atoms with van der Waals surface area (Å²) in [7, 11) is 3.13. The molecule has 0 bridgehead atoms. The van der Waals surface area contributed by atoms with E-state index in [9.17, 15) is 4.79 Å². The average Bonchev–Trinajstić information content (AvgIpc) is 3.23. The summed E-state index contributed by atoms with van der Waals surface area (Å²) >= 11 is 6.01. The van der Waals surface area contributed by atoms with E-state index < -0.39 is 0 Å². The lowest BCUT2D eigenvalue weighted by Crippen LogP contribution is -2.23. The standard InChI is InChI=1S/C21H17ClN4O4/c1-28-17-8-6-13(11-18(17)29-2)16-7-9-20(27)26(24-16)12-19-23-21(25-30-19)14-4-3-5-15(22)10-14/h3-11H,12H2,1-2H3. The third kappa shape index (κ3) is 4.04. The fourth-order valence-electron chi connectivity index (χ4n) is 2.90. The van der Waals surface area contributed by atoms with Gasteiger partial charge in [0, 0.05) is 22.2 Å². The quantitative estimate of drug-likeness (QED) is 0.466. The fraction of sp³-hybridized carbons (Fsp3) is 0.143. The number of aromatic nitrogens is 4. The Morgan fingerprint density at radius 1 is 1.00 bits per heavy atom. The Morgan fingerprint density at radius 2 is 1.83 bits per heavy atom. The van der Waals surface area contributed by atoms with Gasteiger partial charge in [0.25, 0.3) is 5.56 Å². The van der Waals surface area contributed by atoms with Gasteiger partial charge in [0.1, 0.15) is 6.54 Å². The van der Waals surface area contributed by atoms with Gasteiger partial charge < -0.3 is 14.0 Å². The lowest BCUT2D eigenvalue weighted by molar-refractivity contribution is 0.355. The highest BCUT2D eigenvalue weighted by molar-refractivity contribution is 6.30. The molecule has 0 N–H and O–H groups in total. The van der Waals surface area contributed by atoms with Crippen molar-refractivity contribution in [2.45, 2.75) is 6.54 Å². The molecule has 2 heterocycles. The first-order valence-electron chi connectivity index (χ1n) is 8.96. The minimum Gasteiger partial charge on any atom is -0.493 e. The van der Waals surface area contributed by atoms with Crippen molar-refractivity contribution < 1.29 is 14.0 Å². The van der Waals surface area contributed by atoms with Gasteiger partial charge in [0.15, 0.2) is 11.5 Å². The van der Waals surface area contributed by atoms with Crippen LogP contribution in [0.1, 0.15) is 5.89 Å². The monoisotopic (exact) mass is 424 g/mol. The Labute approximate surface area is 176 Å². The molecular weight excluding hydrogens is 408 g/mol. The predicted molar refractivity (Wildman–Crippen MR) is 111 cm³/mol. The number of hydrogen-bond acceptors (Lipinski definition) is 7. The first-order chi connectivity index (χ1) is 14.6. The second-order valence-electron chi connectivity index (χ2n) is 6.31. The molecule has 9 heteroatoms. The maximum Gasteiger partial charge on any atom is 0.267 e. The molecule has 2 aromatic heterocycles. The Bertz CT molecular complexity index is 1250. The zero-order chi connectivity index (χ0) is 21.1. The number of benzene rings is 2. The Balaban J connectivity index is 1.63. The lowest BCUT2D eigenvalue weighted by atomic mass is 10.1. The van der Waals surface area contributed by atoms with E-state index in [0.29, 0.717) is 28.0 Å². The van der Waals surface area contributed by atoms with E-state index >= 15 is 0 Å². The van der Waals surface area contributed by atoms with Crippen LogP contribution >= 0.6 is 11.6 Å². The third-order valence-corrected chi connectivity index (χ3v) is 4.62. The zero-order valence-electron chi connectivity index (χ0n) is 16.2. The normalized spacial score (nSPS) is 10.8. The van der Waals surface area contributed by atoms with Crippen molar-refractivity contribution in [3.63, 3.8) is 0 Å². The van der Waals surface area contributed by atoms with Crippen LogP contribution in [0.5, 0.6) is 11.5 Å². The topological polar surface area (TPSA) is 92.3 Å².